The topological polar surface area (TPSA) is 167 Å². The van der Waals surface area contributed by atoms with Gasteiger partial charge in [-0.05, 0) is 38.2 Å². The summed E-state index contributed by atoms with van der Waals surface area (Å²) < 4.78 is 45.5. The molecule has 4 N–H and O–H groups in total. The van der Waals surface area contributed by atoms with Gasteiger partial charge in [0.1, 0.15) is 24.9 Å². The maximum Gasteiger partial charge on any atom is 0.613 e. The van der Waals surface area contributed by atoms with Gasteiger partial charge < -0.3 is 25.2 Å². The fourth-order valence-electron chi connectivity index (χ4n) is 4.00. The minimum absolute atomic E-state index is 0.0477. The van der Waals surface area contributed by atoms with E-state index in [1.54, 1.807) is 13.8 Å². The lowest BCUT2D eigenvalue weighted by Crippen LogP contribution is -2.42. The molecule has 6 atom stereocenters. The number of nitrogens with two attached hydrogens (primary N) is 1. The molecule has 0 radical (unpaired) electrons. The number of terminal acetylenes is 1. The molecule has 1 saturated carbocycles. The van der Waals surface area contributed by atoms with Gasteiger partial charge in [0, 0.05) is 13.1 Å². The molecule has 0 bridgehead atoms. The van der Waals surface area contributed by atoms with Crippen LogP contribution in [0.2, 0.25) is 0 Å². The van der Waals surface area contributed by atoms with Gasteiger partial charge in [-0.25, -0.2) is 9.37 Å². The predicted molar refractivity (Wildman–Crippen MR) is 131 cm³/mol. The highest BCUT2D eigenvalue weighted by molar-refractivity contribution is 7.36. The summed E-state index contributed by atoms with van der Waals surface area (Å²) in [5, 5.41) is 13.1. The van der Waals surface area contributed by atoms with Crippen molar-refractivity contribution in [2.24, 2.45) is 0 Å². The minimum Gasteiger partial charge on any atom is -0.462 e. The first kappa shape index (κ1) is 27.1. The third kappa shape index (κ3) is 5.37. The van der Waals surface area contributed by atoms with Crippen LogP contribution in [0.25, 0.3) is 11.2 Å². The predicted octanol–water partition coefficient (Wildman–Crippen LogP) is 1.21. The van der Waals surface area contributed by atoms with E-state index in [1.165, 1.54) is 17.8 Å². The lowest BCUT2D eigenvalue weighted by atomic mass is 9.97. The number of hydrogen-bond acceptors (Lipinski definition) is 11. The van der Waals surface area contributed by atoms with Gasteiger partial charge >= 0.3 is 14.1 Å². The van der Waals surface area contributed by atoms with Crippen molar-refractivity contribution in [1.29, 1.82) is 0 Å². The van der Waals surface area contributed by atoms with Crippen LogP contribution in [0.15, 0.2) is 6.33 Å². The van der Waals surface area contributed by atoms with Gasteiger partial charge in [0.25, 0.3) is 0 Å². The summed E-state index contributed by atoms with van der Waals surface area (Å²) in [5.74, 6) is 1.80. The summed E-state index contributed by atoms with van der Waals surface area (Å²) in [5.41, 5.74) is 3.78. The Morgan fingerprint density at radius 2 is 2.19 bits per heavy atom. The van der Waals surface area contributed by atoms with E-state index in [1.807, 2.05) is 17.9 Å². The summed E-state index contributed by atoms with van der Waals surface area (Å²) in [4.78, 5) is 26.7. The Labute approximate surface area is 213 Å². The molecule has 15 heteroatoms. The van der Waals surface area contributed by atoms with E-state index in [9.17, 15) is 14.5 Å². The van der Waals surface area contributed by atoms with Gasteiger partial charge in [-0.15, -0.1) is 10.9 Å². The maximum absolute atomic E-state index is 16.0. The summed E-state index contributed by atoms with van der Waals surface area (Å²) in [6, 6.07) is -0.630. The van der Waals surface area contributed by atoms with Gasteiger partial charge in [0.05, 0.1) is 12.4 Å². The number of nitrogens with one attached hydrogen (secondary N) is 1. The number of aromatic nitrogens is 4. The molecule has 1 saturated heterocycles. The van der Waals surface area contributed by atoms with Crippen molar-refractivity contribution in [3.05, 3.63) is 6.33 Å². The number of ether oxygens (including phenoxy) is 2. The number of aliphatic hydroxyl groups is 1. The number of hydrogen-bond donors (Lipinski definition) is 3. The first-order valence-corrected chi connectivity index (χ1v) is 12.9. The number of esters is 1. The zero-order chi connectivity index (χ0) is 27.1. The first-order valence-electron chi connectivity index (χ1n) is 11.8. The molecule has 0 aromatic carbocycles. The number of nitrogens with zero attached hydrogens (tertiary/aromatic N) is 5. The highest BCUT2D eigenvalue weighted by Crippen LogP contribution is 2.44. The fourth-order valence-corrected chi connectivity index (χ4v) is 4.78. The molecule has 4 rings (SSSR count). The number of aliphatic hydroxyl groups excluding tert-OH is 1. The van der Waals surface area contributed by atoms with E-state index in [-0.39, 0.29) is 17.7 Å². The summed E-state index contributed by atoms with van der Waals surface area (Å²) in [6.45, 7) is 4.33. The van der Waals surface area contributed by atoms with Crippen molar-refractivity contribution in [3.63, 3.8) is 0 Å². The van der Waals surface area contributed by atoms with Gasteiger partial charge in [-0.2, -0.15) is 9.97 Å². The van der Waals surface area contributed by atoms with Crippen LogP contribution in [0.1, 0.15) is 39.8 Å². The van der Waals surface area contributed by atoms with Crippen LogP contribution in [0.3, 0.4) is 0 Å². The number of nitrogen functional groups attached to an aromatic ring is 1. The number of halogens is 1. The molecule has 0 spiro atoms. The standard InChI is InChI=1S/C22H30FN7O6P/c1-6-22(23)16(31)14(9-34-37(33)28-12(4)19(32)35-11(2)3)36-20(22)30-10-25-15-17(29(5)13-7-8-13)26-21(24)27-18(15)30/h1,10-14,16,20,31H,7-9H2,2-5H3,(H,28,33)(H2,24,26,27)/q+1/t12-,14?,16+,20+,22+/m0/s1. The van der Waals surface area contributed by atoms with Crippen molar-refractivity contribution < 1.29 is 32.9 Å². The number of carbonyl (C=O) groups is 1. The Hall–Kier alpha value is -2.95. The largest absolute Gasteiger partial charge is 0.613 e. The van der Waals surface area contributed by atoms with Crippen LogP contribution in [0.5, 0.6) is 0 Å². The molecular weight excluding hydrogens is 508 g/mol. The van der Waals surface area contributed by atoms with Gasteiger partial charge in [0.15, 0.2) is 23.2 Å². The van der Waals surface area contributed by atoms with Gasteiger partial charge in [-0.3, -0.25) is 9.36 Å². The van der Waals surface area contributed by atoms with E-state index in [0.717, 1.165) is 12.8 Å². The number of anilines is 2. The molecule has 2 aromatic heterocycles. The van der Waals surface area contributed by atoms with Crippen LogP contribution >= 0.6 is 8.18 Å². The van der Waals surface area contributed by atoms with Crippen LogP contribution in [0, 0.1) is 12.3 Å². The molecule has 200 valence electrons. The van der Waals surface area contributed by atoms with Gasteiger partial charge in [-0.1, -0.05) is 11.0 Å². The van der Waals surface area contributed by atoms with E-state index < -0.39 is 50.9 Å². The van der Waals surface area contributed by atoms with E-state index in [0.29, 0.717) is 17.4 Å². The second-order valence-electron chi connectivity index (χ2n) is 9.34. The van der Waals surface area contributed by atoms with Crippen molar-refractivity contribution in [2.75, 3.05) is 24.3 Å². The maximum atomic E-state index is 16.0. The van der Waals surface area contributed by atoms with E-state index in [4.69, 9.17) is 26.2 Å². The number of carbonyl (C=O) groups excluding carboxylic acids is 1. The van der Waals surface area contributed by atoms with E-state index >= 15 is 4.39 Å². The highest BCUT2D eigenvalue weighted by atomic mass is 31.1. The smallest absolute Gasteiger partial charge is 0.462 e. The molecule has 2 fully saturated rings. The number of imidazole rings is 1. The third-order valence-electron chi connectivity index (χ3n) is 6.13. The Morgan fingerprint density at radius 3 is 2.81 bits per heavy atom. The summed E-state index contributed by atoms with van der Waals surface area (Å²) in [7, 11) is -0.718. The molecular formula is C22H30FN7O6P+. The summed E-state index contributed by atoms with van der Waals surface area (Å²) in [6.07, 6.45) is 3.77. The zero-order valence-corrected chi connectivity index (χ0v) is 21.8. The van der Waals surface area contributed by atoms with Crippen molar-refractivity contribution in [1.82, 2.24) is 24.6 Å². The molecule has 37 heavy (non-hydrogen) atoms. The minimum atomic E-state index is -2.70. The lowest BCUT2D eigenvalue weighted by Gasteiger charge is -2.24. The van der Waals surface area contributed by atoms with Crippen molar-refractivity contribution >= 4 is 37.1 Å². The Morgan fingerprint density at radius 1 is 1.49 bits per heavy atom. The highest BCUT2D eigenvalue weighted by Gasteiger charge is 2.58. The van der Waals surface area contributed by atoms with Crippen LogP contribution < -0.4 is 15.7 Å². The quantitative estimate of drug-likeness (QED) is 0.225. The molecule has 3 heterocycles. The number of rotatable bonds is 10. The molecule has 13 nitrogen and oxygen atoms in total. The van der Waals surface area contributed by atoms with Crippen LogP contribution in [-0.2, 0) is 23.4 Å². The SMILES string of the molecule is C#C[C@@]1(F)[C@H](O)C(CO[P+](=O)N[C@@H](C)C(=O)OC(C)C)O[C@H]1n1cnc2c(N(C)C3CC3)nc(N)nc21. The van der Waals surface area contributed by atoms with E-state index in [2.05, 4.69) is 20.0 Å². The molecule has 1 aliphatic carbocycles. The lowest BCUT2D eigenvalue weighted by molar-refractivity contribution is -0.149. The van der Waals surface area contributed by atoms with Crippen LogP contribution in [0.4, 0.5) is 16.2 Å². The summed E-state index contributed by atoms with van der Waals surface area (Å²) >= 11 is 0. The Kier molecular flexibility index (Phi) is 7.64. The van der Waals surface area contributed by atoms with Crippen molar-refractivity contribution in [2.45, 2.75) is 75.9 Å². The second kappa shape index (κ2) is 10.4. The first-order chi connectivity index (χ1) is 17.5. The second-order valence-corrected chi connectivity index (χ2v) is 10.4. The van der Waals surface area contributed by atoms with Crippen LogP contribution in [-0.4, -0.2) is 80.3 Å². The number of alkyl halides is 1. The molecule has 1 aliphatic heterocycles. The number of fused-ring (bicyclic) bond motifs is 1. The molecule has 2 aliphatic rings. The fraction of sp³-hybridized carbons (Fsp3) is 0.636. The third-order valence-corrected chi connectivity index (χ3v) is 7.11. The Bertz CT molecular complexity index is 1230. The average molecular weight is 538 g/mol. The molecule has 2 unspecified atom stereocenters. The zero-order valence-electron chi connectivity index (χ0n) is 20.9. The molecule has 0 amide bonds. The normalized spacial score (nSPS) is 26.8. The van der Waals surface area contributed by atoms with Gasteiger partial charge in [0.2, 0.25) is 11.6 Å². The average Bonchev–Trinajstić information content (AvgIpc) is 3.57. The Balaban J connectivity index is 1.51. The van der Waals surface area contributed by atoms with Crippen molar-refractivity contribution in [3.8, 4) is 12.3 Å². The molecule has 2 aromatic rings. The monoisotopic (exact) mass is 538 g/mol.